The molecule has 0 aromatic heterocycles. The van der Waals surface area contributed by atoms with Crippen molar-refractivity contribution in [2.75, 3.05) is 13.1 Å². The van der Waals surface area contributed by atoms with Crippen molar-refractivity contribution < 1.29 is 18.0 Å². The molecule has 0 spiro atoms. The first-order valence-corrected chi connectivity index (χ1v) is 10.3. The molecule has 0 atom stereocenters. The molecule has 2 aromatic carbocycles. The van der Waals surface area contributed by atoms with Crippen molar-refractivity contribution in [3.05, 3.63) is 64.7 Å². The van der Waals surface area contributed by atoms with Crippen LogP contribution in [0.15, 0.2) is 47.4 Å². The van der Waals surface area contributed by atoms with Gasteiger partial charge in [-0.05, 0) is 31.0 Å². The zero-order valence-corrected chi connectivity index (χ0v) is 15.1. The molecule has 0 amide bonds. The van der Waals surface area contributed by atoms with Crippen LogP contribution in [0.3, 0.4) is 0 Å². The van der Waals surface area contributed by atoms with Gasteiger partial charge in [0.1, 0.15) is 0 Å². The number of nitrogens with zero attached hydrogens (tertiary/aromatic N) is 1. The molecule has 26 heavy (non-hydrogen) atoms. The molecular weight excluding hydrogens is 350 g/mol. The Balaban J connectivity index is 1.78. The molecule has 1 aliphatic heterocycles. The Hall–Kier alpha value is -2.31. The van der Waals surface area contributed by atoms with Crippen LogP contribution < -0.4 is 0 Å². The Morgan fingerprint density at radius 1 is 0.692 bits per heavy atom. The van der Waals surface area contributed by atoms with E-state index in [9.17, 15) is 18.0 Å². The van der Waals surface area contributed by atoms with Crippen molar-refractivity contribution in [2.24, 2.45) is 0 Å². The lowest BCUT2D eigenvalue weighted by Gasteiger charge is -2.22. The largest absolute Gasteiger partial charge is 0.289 e. The summed E-state index contributed by atoms with van der Waals surface area (Å²) >= 11 is 0. The molecule has 1 fully saturated rings. The van der Waals surface area contributed by atoms with Gasteiger partial charge in [-0.15, -0.1) is 0 Å². The highest BCUT2D eigenvalue weighted by molar-refractivity contribution is 7.89. The fraction of sp³-hybridized carbons (Fsp3) is 0.300. The molecule has 2 aromatic rings. The monoisotopic (exact) mass is 369 g/mol. The number of carbonyl (C=O) groups is 2. The van der Waals surface area contributed by atoms with Gasteiger partial charge in [0, 0.05) is 35.3 Å². The van der Waals surface area contributed by atoms with Gasteiger partial charge in [0.15, 0.2) is 11.6 Å². The number of fused-ring (bicyclic) bond motifs is 2. The van der Waals surface area contributed by atoms with Gasteiger partial charge in [0.2, 0.25) is 10.0 Å². The molecule has 0 unspecified atom stereocenters. The lowest BCUT2D eigenvalue weighted by Crippen LogP contribution is -2.32. The third kappa shape index (κ3) is 2.70. The molecule has 0 radical (unpaired) electrons. The highest BCUT2D eigenvalue weighted by atomic mass is 32.2. The number of carbonyl (C=O) groups excluding carboxylic acids is 2. The summed E-state index contributed by atoms with van der Waals surface area (Å²) in [7, 11) is -3.67. The maximum absolute atomic E-state index is 13.0. The summed E-state index contributed by atoms with van der Waals surface area (Å²) in [5.41, 5.74) is 1.13. The summed E-state index contributed by atoms with van der Waals surface area (Å²) < 4.78 is 27.5. The smallest absolute Gasteiger partial charge is 0.243 e. The molecule has 134 valence electrons. The van der Waals surface area contributed by atoms with Crippen molar-refractivity contribution in [3.8, 4) is 0 Å². The zero-order valence-electron chi connectivity index (χ0n) is 14.3. The summed E-state index contributed by atoms with van der Waals surface area (Å²) in [6, 6.07) is 10.9. The molecule has 1 heterocycles. The maximum Gasteiger partial charge on any atom is 0.243 e. The van der Waals surface area contributed by atoms with Crippen LogP contribution in [0.1, 0.15) is 57.5 Å². The van der Waals surface area contributed by atoms with Gasteiger partial charge < -0.3 is 0 Å². The predicted octanol–water partition coefficient (Wildman–Crippen LogP) is 3.03. The van der Waals surface area contributed by atoms with Crippen LogP contribution in [-0.2, 0) is 10.0 Å². The summed E-state index contributed by atoms with van der Waals surface area (Å²) in [6.45, 7) is 0.990. The molecule has 5 nitrogen and oxygen atoms in total. The minimum atomic E-state index is -3.67. The lowest BCUT2D eigenvalue weighted by molar-refractivity contribution is 0.0979. The van der Waals surface area contributed by atoms with E-state index in [0.717, 1.165) is 25.7 Å². The van der Waals surface area contributed by atoms with Gasteiger partial charge in [-0.3, -0.25) is 9.59 Å². The van der Waals surface area contributed by atoms with Crippen molar-refractivity contribution in [2.45, 2.75) is 30.6 Å². The summed E-state index contributed by atoms with van der Waals surface area (Å²) in [5, 5.41) is 0. The second-order valence-electron chi connectivity index (χ2n) is 6.73. The molecular formula is C20H19NO4S. The van der Waals surface area contributed by atoms with Crippen LogP contribution >= 0.6 is 0 Å². The van der Waals surface area contributed by atoms with E-state index in [0.29, 0.717) is 24.2 Å². The van der Waals surface area contributed by atoms with Gasteiger partial charge in [-0.1, -0.05) is 37.1 Å². The molecule has 0 N–H and O–H groups in total. The van der Waals surface area contributed by atoms with Gasteiger partial charge >= 0.3 is 0 Å². The van der Waals surface area contributed by atoms with Crippen LogP contribution in [0, 0.1) is 0 Å². The van der Waals surface area contributed by atoms with E-state index in [4.69, 9.17) is 0 Å². The van der Waals surface area contributed by atoms with Gasteiger partial charge in [-0.25, -0.2) is 8.42 Å². The Kier molecular flexibility index (Phi) is 4.25. The fourth-order valence-corrected chi connectivity index (χ4v) is 5.21. The lowest BCUT2D eigenvalue weighted by atomic mass is 9.84. The van der Waals surface area contributed by atoms with E-state index in [1.165, 1.54) is 22.5 Å². The quantitative estimate of drug-likeness (QED) is 0.696. The number of sulfonamides is 1. The summed E-state index contributed by atoms with van der Waals surface area (Å²) in [4.78, 5) is 25.5. The Labute approximate surface area is 152 Å². The second kappa shape index (κ2) is 6.45. The van der Waals surface area contributed by atoms with E-state index in [1.807, 2.05) is 0 Å². The average Bonchev–Trinajstić information content (AvgIpc) is 2.96. The number of benzene rings is 2. The first kappa shape index (κ1) is 17.1. The molecule has 6 heteroatoms. The second-order valence-corrected chi connectivity index (χ2v) is 8.67. The topological polar surface area (TPSA) is 71.5 Å². The van der Waals surface area contributed by atoms with Crippen molar-refractivity contribution in [1.82, 2.24) is 4.31 Å². The Morgan fingerprint density at radius 3 is 1.85 bits per heavy atom. The fourth-order valence-electron chi connectivity index (χ4n) is 3.67. The Morgan fingerprint density at radius 2 is 1.23 bits per heavy atom. The van der Waals surface area contributed by atoms with E-state index in [1.54, 1.807) is 24.3 Å². The number of hydrogen-bond donors (Lipinski definition) is 0. The van der Waals surface area contributed by atoms with E-state index >= 15 is 0 Å². The maximum atomic E-state index is 13.0. The van der Waals surface area contributed by atoms with Crippen LogP contribution in [0.4, 0.5) is 0 Å². The summed E-state index contributed by atoms with van der Waals surface area (Å²) in [5.74, 6) is -0.544. The Bertz CT molecular complexity index is 1000. The standard InChI is InChI=1S/C20H19NO4S/c22-19-15-7-3-4-8-16(15)20(23)18-13-14(9-10-17(18)19)26(24,25)21-11-5-1-2-6-12-21/h3-4,7-10,13H,1-2,5-6,11-12H2. The van der Waals surface area contributed by atoms with Crippen LogP contribution in [-0.4, -0.2) is 37.4 Å². The van der Waals surface area contributed by atoms with Crippen molar-refractivity contribution >= 4 is 21.6 Å². The first-order chi connectivity index (χ1) is 12.5. The number of ketones is 2. The molecule has 1 aliphatic carbocycles. The minimum absolute atomic E-state index is 0.0821. The highest BCUT2D eigenvalue weighted by Gasteiger charge is 2.32. The van der Waals surface area contributed by atoms with Crippen molar-refractivity contribution in [1.29, 1.82) is 0 Å². The predicted molar refractivity (Wildman–Crippen MR) is 97.0 cm³/mol. The van der Waals surface area contributed by atoms with E-state index in [-0.39, 0.29) is 27.6 Å². The number of rotatable bonds is 2. The molecule has 2 aliphatic rings. The third-order valence-electron chi connectivity index (χ3n) is 5.10. The molecule has 0 bridgehead atoms. The minimum Gasteiger partial charge on any atom is -0.289 e. The van der Waals surface area contributed by atoms with Gasteiger partial charge in [-0.2, -0.15) is 4.31 Å². The molecule has 1 saturated heterocycles. The zero-order chi connectivity index (χ0) is 18.3. The van der Waals surface area contributed by atoms with Crippen LogP contribution in [0.5, 0.6) is 0 Å². The van der Waals surface area contributed by atoms with Crippen LogP contribution in [0.2, 0.25) is 0 Å². The van der Waals surface area contributed by atoms with Gasteiger partial charge in [0.05, 0.1) is 4.90 Å². The van der Waals surface area contributed by atoms with Crippen molar-refractivity contribution in [3.63, 3.8) is 0 Å². The normalized spacial score (nSPS) is 18.2. The SMILES string of the molecule is O=C1c2ccccc2C(=O)c2cc(S(=O)(=O)N3CCCCCC3)ccc21. The van der Waals surface area contributed by atoms with Gasteiger partial charge in [0.25, 0.3) is 0 Å². The summed E-state index contributed by atoms with van der Waals surface area (Å²) in [6.07, 6.45) is 3.74. The third-order valence-corrected chi connectivity index (χ3v) is 6.99. The van der Waals surface area contributed by atoms with E-state index < -0.39 is 10.0 Å². The van der Waals surface area contributed by atoms with Crippen LogP contribution in [0.25, 0.3) is 0 Å². The average molecular weight is 369 g/mol. The number of hydrogen-bond acceptors (Lipinski definition) is 4. The highest BCUT2D eigenvalue weighted by Crippen LogP contribution is 2.30. The van der Waals surface area contributed by atoms with E-state index in [2.05, 4.69) is 0 Å². The molecule has 4 rings (SSSR count). The first-order valence-electron chi connectivity index (χ1n) is 8.83. The molecule has 0 saturated carbocycles.